The van der Waals surface area contributed by atoms with Crippen LogP contribution in [-0.2, 0) is 6.42 Å². The number of halogens is 1. The summed E-state index contributed by atoms with van der Waals surface area (Å²) < 4.78 is 31.9. The molecule has 1 amide bonds. The Morgan fingerprint density at radius 3 is 2.65 bits per heavy atom. The maximum absolute atomic E-state index is 14.6. The van der Waals surface area contributed by atoms with Crippen LogP contribution in [-0.4, -0.2) is 56.9 Å². The summed E-state index contributed by atoms with van der Waals surface area (Å²) in [5, 5.41) is 9.07. The molecule has 3 heterocycles. The van der Waals surface area contributed by atoms with E-state index in [4.69, 9.17) is 19.3 Å². The highest BCUT2D eigenvalue weighted by molar-refractivity contribution is 5.65. The summed E-state index contributed by atoms with van der Waals surface area (Å²) in [6, 6.07) is 10.0. The molecule has 34 heavy (non-hydrogen) atoms. The number of benzene rings is 1. The van der Waals surface area contributed by atoms with Crippen molar-refractivity contribution in [3.05, 3.63) is 66.0 Å². The number of amides is 1. The van der Waals surface area contributed by atoms with Gasteiger partial charge < -0.3 is 24.2 Å². The Kier molecular flexibility index (Phi) is 7.36. The van der Waals surface area contributed by atoms with Crippen molar-refractivity contribution in [2.75, 3.05) is 19.7 Å². The van der Waals surface area contributed by atoms with Gasteiger partial charge in [-0.05, 0) is 31.2 Å². The molecule has 3 aromatic rings. The minimum absolute atomic E-state index is 0.000377. The maximum atomic E-state index is 14.6. The molecule has 1 aliphatic rings. The van der Waals surface area contributed by atoms with Gasteiger partial charge in [-0.3, -0.25) is 4.98 Å². The molecular formula is C24H25FN4O5. The molecule has 1 N–H and O–H groups in total. The molecule has 1 aliphatic heterocycles. The molecule has 1 aromatic carbocycles. The minimum Gasteiger partial charge on any atom is -0.493 e. The van der Waals surface area contributed by atoms with Crippen LogP contribution in [0, 0.1) is 12.7 Å². The van der Waals surface area contributed by atoms with E-state index in [0.717, 1.165) is 5.69 Å². The van der Waals surface area contributed by atoms with E-state index in [1.54, 1.807) is 19.2 Å². The fraction of sp³-hybridized carbons (Fsp3) is 0.333. The van der Waals surface area contributed by atoms with Crippen LogP contribution >= 0.6 is 0 Å². The van der Waals surface area contributed by atoms with E-state index in [1.165, 1.54) is 23.4 Å². The molecule has 0 aliphatic carbocycles. The molecule has 10 heteroatoms. The minimum atomic E-state index is -0.931. The van der Waals surface area contributed by atoms with E-state index in [0.29, 0.717) is 56.2 Å². The number of hydrogen-bond acceptors (Lipinski definition) is 7. The summed E-state index contributed by atoms with van der Waals surface area (Å²) in [6.07, 6.45) is 3.63. The Balaban J connectivity index is 1.35. The number of hydrogen-bond donors (Lipinski definition) is 1. The zero-order chi connectivity index (χ0) is 23.9. The molecule has 4 rings (SSSR count). The third kappa shape index (κ3) is 5.89. The first-order valence-electron chi connectivity index (χ1n) is 11.0. The highest BCUT2D eigenvalue weighted by Gasteiger charge is 2.25. The van der Waals surface area contributed by atoms with Gasteiger partial charge in [0.1, 0.15) is 18.2 Å². The number of aromatic nitrogens is 3. The normalized spacial score (nSPS) is 14.0. The van der Waals surface area contributed by atoms with E-state index < -0.39 is 11.9 Å². The van der Waals surface area contributed by atoms with Crippen molar-refractivity contribution < 1.29 is 28.5 Å². The Hall–Kier alpha value is -3.95. The van der Waals surface area contributed by atoms with E-state index in [2.05, 4.69) is 15.0 Å². The second kappa shape index (κ2) is 10.8. The Bertz CT molecular complexity index is 1120. The lowest BCUT2D eigenvalue weighted by molar-refractivity contribution is 0.0864. The predicted molar refractivity (Wildman–Crippen MR) is 120 cm³/mol. The summed E-state index contributed by atoms with van der Waals surface area (Å²) in [4.78, 5) is 24.9. The number of likely N-dealkylation sites (tertiary alicyclic amines) is 1. The number of carbonyl (C=O) groups is 1. The fourth-order valence-corrected chi connectivity index (χ4v) is 3.54. The zero-order valence-electron chi connectivity index (χ0n) is 18.7. The lowest BCUT2D eigenvalue weighted by Crippen LogP contribution is -2.41. The van der Waals surface area contributed by atoms with E-state index in [1.807, 2.05) is 18.2 Å². The third-order valence-electron chi connectivity index (χ3n) is 5.45. The smallest absolute Gasteiger partial charge is 0.407 e. The summed E-state index contributed by atoms with van der Waals surface area (Å²) in [6.45, 7) is 2.89. The molecule has 1 saturated heterocycles. The molecule has 178 valence electrons. The van der Waals surface area contributed by atoms with Gasteiger partial charge in [-0.25, -0.2) is 19.2 Å². The molecule has 1 fully saturated rings. The van der Waals surface area contributed by atoms with Gasteiger partial charge in [0.15, 0.2) is 11.6 Å². The summed E-state index contributed by atoms with van der Waals surface area (Å²) in [5.41, 5.74) is 1.42. The number of rotatable bonds is 8. The number of nitrogens with zero attached hydrogens (tertiary/aromatic N) is 4. The van der Waals surface area contributed by atoms with Crippen molar-refractivity contribution in [3.8, 4) is 23.3 Å². The van der Waals surface area contributed by atoms with Gasteiger partial charge in [-0.15, -0.1) is 0 Å². The van der Waals surface area contributed by atoms with Crippen molar-refractivity contribution in [1.29, 1.82) is 0 Å². The van der Waals surface area contributed by atoms with Gasteiger partial charge in [0, 0.05) is 50.3 Å². The average Bonchev–Trinajstić information content (AvgIpc) is 2.84. The number of ether oxygens (including phenoxy) is 3. The van der Waals surface area contributed by atoms with E-state index in [-0.39, 0.29) is 17.7 Å². The lowest BCUT2D eigenvalue weighted by atomic mass is 10.1. The van der Waals surface area contributed by atoms with E-state index >= 15 is 0 Å². The SMILES string of the molecule is Cc1c(Oc2ccc(OCCc3ccccn3)cc2F)ncnc1OC1CCN(C(=O)O)CC1. The fourth-order valence-electron chi connectivity index (χ4n) is 3.54. The largest absolute Gasteiger partial charge is 0.493 e. The van der Waals surface area contributed by atoms with E-state index in [9.17, 15) is 9.18 Å². The number of pyridine rings is 1. The molecule has 0 spiro atoms. The van der Waals surface area contributed by atoms with Gasteiger partial charge >= 0.3 is 6.09 Å². The van der Waals surface area contributed by atoms with Crippen LogP contribution in [0.1, 0.15) is 24.1 Å². The van der Waals surface area contributed by atoms with Gasteiger partial charge in [-0.2, -0.15) is 0 Å². The molecule has 0 radical (unpaired) electrons. The maximum Gasteiger partial charge on any atom is 0.407 e. The van der Waals surface area contributed by atoms with Crippen molar-refractivity contribution in [1.82, 2.24) is 19.9 Å². The van der Waals surface area contributed by atoms with Crippen molar-refractivity contribution >= 4 is 6.09 Å². The topological polar surface area (TPSA) is 107 Å². The first-order chi connectivity index (χ1) is 16.5. The Morgan fingerprint density at radius 2 is 1.94 bits per heavy atom. The molecule has 9 nitrogen and oxygen atoms in total. The van der Waals surface area contributed by atoms with Crippen molar-refractivity contribution in [3.63, 3.8) is 0 Å². The van der Waals surface area contributed by atoms with Crippen LogP contribution in [0.5, 0.6) is 23.3 Å². The van der Waals surface area contributed by atoms with Gasteiger partial charge in [0.05, 0.1) is 12.2 Å². The second-order valence-corrected chi connectivity index (χ2v) is 7.81. The van der Waals surface area contributed by atoms with Crippen molar-refractivity contribution in [2.45, 2.75) is 32.3 Å². The summed E-state index contributed by atoms with van der Waals surface area (Å²) in [5.74, 6) is 0.303. The molecule has 0 saturated carbocycles. The van der Waals surface area contributed by atoms with Crippen LogP contribution in [0.25, 0.3) is 0 Å². The van der Waals surface area contributed by atoms with Crippen molar-refractivity contribution in [2.24, 2.45) is 0 Å². The van der Waals surface area contributed by atoms with Crippen LogP contribution in [0.2, 0.25) is 0 Å². The average molecular weight is 468 g/mol. The number of carboxylic acid groups (broad SMARTS) is 1. The third-order valence-corrected chi connectivity index (χ3v) is 5.45. The quantitative estimate of drug-likeness (QED) is 0.523. The predicted octanol–water partition coefficient (Wildman–Crippen LogP) is 4.25. The summed E-state index contributed by atoms with van der Waals surface area (Å²) >= 11 is 0. The van der Waals surface area contributed by atoms with Crippen LogP contribution < -0.4 is 14.2 Å². The number of piperidine rings is 1. The van der Waals surface area contributed by atoms with Crippen LogP contribution in [0.4, 0.5) is 9.18 Å². The molecular weight excluding hydrogens is 443 g/mol. The first-order valence-corrected chi connectivity index (χ1v) is 11.0. The first kappa shape index (κ1) is 23.2. The second-order valence-electron chi connectivity index (χ2n) is 7.81. The molecule has 0 unspecified atom stereocenters. The zero-order valence-corrected chi connectivity index (χ0v) is 18.7. The Labute approximate surface area is 196 Å². The Morgan fingerprint density at radius 1 is 1.15 bits per heavy atom. The molecule has 2 aromatic heterocycles. The molecule has 0 bridgehead atoms. The van der Waals surface area contributed by atoms with Crippen LogP contribution in [0.15, 0.2) is 48.9 Å². The van der Waals surface area contributed by atoms with Gasteiger partial charge in [-0.1, -0.05) is 6.07 Å². The highest BCUT2D eigenvalue weighted by Crippen LogP contribution is 2.31. The molecule has 0 atom stereocenters. The highest BCUT2D eigenvalue weighted by atomic mass is 19.1. The van der Waals surface area contributed by atoms with Crippen LogP contribution in [0.3, 0.4) is 0 Å². The van der Waals surface area contributed by atoms with Gasteiger partial charge in [0.2, 0.25) is 11.8 Å². The monoisotopic (exact) mass is 468 g/mol. The lowest BCUT2D eigenvalue weighted by Gasteiger charge is -2.30. The van der Waals surface area contributed by atoms with Gasteiger partial charge in [0.25, 0.3) is 0 Å². The summed E-state index contributed by atoms with van der Waals surface area (Å²) in [7, 11) is 0. The standard InChI is InChI=1S/C24H25FN4O5/c1-16-22(33-18-7-11-29(12-8-18)24(30)31)27-15-28-23(16)34-21-6-5-19(14-20(21)25)32-13-9-17-4-2-3-10-26-17/h2-6,10,14-15,18H,7-9,11-13H2,1H3,(H,30,31).